The first-order valence-corrected chi connectivity index (χ1v) is 8.73. The number of nitrogens with one attached hydrogen (secondary N) is 2. The molecule has 0 spiro atoms. The highest BCUT2D eigenvalue weighted by molar-refractivity contribution is 5.89. The number of anilines is 1. The zero-order valence-electron chi connectivity index (χ0n) is 13.6. The summed E-state index contributed by atoms with van der Waals surface area (Å²) in [5.74, 6) is 3.34. The number of carbonyl (C=O) groups is 1. The molecule has 0 radical (unpaired) electrons. The van der Waals surface area contributed by atoms with E-state index in [4.69, 9.17) is 0 Å². The summed E-state index contributed by atoms with van der Waals surface area (Å²) in [6, 6.07) is 6.47. The highest BCUT2D eigenvalue weighted by Crippen LogP contribution is 2.53. The number of rotatable bonds is 2. The van der Waals surface area contributed by atoms with E-state index in [1.807, 2.05) is 12.1 Å². The van der Waals surface area contributed by atoms with Gasteiger partial charge in [0.15, 0.2) is 0 Å². The van der Waals surface area contributed by atoms with Gasteiger partial charge < -0.3 is 10.6 Å². The zero-order chi connectivity index (χ0) is 15.3. The molecule has 5 rings (SSSR count). The van der Waals surface area contributed by atoms with Crippen LogP contribution in [0.25, 0.3) is 0 Å². The summed E-state index contributed by atoms with van der Waals surface area (Å²) in [6.07, 6.45) is 6.79. The molecule has 0 saturated heterocycles. The van der Waals surface area contributed by atoms with Crippen LogP contribution in [0.5, 0.6) is 0 Å². The number of benzene rings is 1. The molecule has 22 heavy (non-hydrogen) atoms. The second-order valence-electron chi connectivity index (χ2n) is 7.85. The fraction of sp³-hybridized carbons (Fsp3) is 0.632. The molecule has 0 unspecified atom stereocenters. The zero-order valence-corrected chi connectivity index (χ0v) is 13.6. The molecule has 1 aromatic rings. The number of urea groups is 1. The molecule has 2 amide bonds. The van der Waals surface area contributed by atoms with Gasteiger partial charge in [-0.3, -0.25) is 0 Å². The van der Waals surface area contributed by atoms with Crippen LogP contribution in [-0.2, 0) is 0 Å². The molecule has 3 heteroatoms. The molecule has 4 fully saturated rings. The first kappa shape index (κ1) is 14.1. The Balaban J connectivity index is 1.41. The Labute approximate surface area is 132 Å². The minimum Gasteiger partial charge on any atom is -0.335 e. The Kier molecular flexibility index (Phi) is 3.39. The van der Waals surface area contributed by atoms with Crippen LogP contribution in [0.3, 0.4) is 0 Å². The largest absolute Gasteiger partial charge is 0.335 e. The minimum atomic E-state index is -0.0271. The van der Waals surface area contributed by atoms with Crippen LogP contribution in [0.1, 0.15) is 43.2 Å². The van der Waals surface area contributed by atoms with Gasteiger partial charge in [0.05, 0.1) is 0 Å². The maximum atomic E-state index is 12.4. The average molecular weight is 298 g/mol. The molecular formula is C19H26N2O. The maximum Gasteiger partial charge on any atom is 0.319 e. The molecule has 0 aromatic heterocycles. The van der Waals surface area contributed by atoms with Crippen molar-refractivity contribution in [1.29, 1.82) is 0 Å². The second-order valence-corrected chi connectivity index (χ2v) is 7.85. The summed E-state index contributed by atoms with van der Waals surface area (Å²) >= 11 is 0. The first-order valence-electron chi connectivity index (χ1n) is 8.73. The third-order valence-electron chi connectivity index (χ3n) is 6.29. The number of amides is 2. The molecule has 0 aliphatic heterocycles. The van der Waals surface area contributed by atoms with Crippen molar-refractivity contribution in [3.8, 4) is 0 Å². The van der Waals surface area contributed by atoms with Crippen LogP contribution in [0, 0.1) is 37.5 Å². The van der Waals surface area contributed by atoms with Crippen molar-refractivity contribution in [2.45, 2.75) is 52.0 Å². The number of carbonyl (C=O) groups excluding carboxylic acids is 1. The minimum absolute atomic E-state index is 0.0271. The fourth-order valence-electron chi connectivity index (χ4n) is 5.30. The lowest BCUT2D eigenvalue weighted by Gasteiger charge is -2.54. The lowest BCUT2D eigenvalue weighted by molar-refractivity contribution is -0.00883. The van der Waals surface area contributed by atoms with Crippen LogP contribution in [0.15, 0.2) is 18.2 Å². The van der Waals surface area contributed by atoms with E-state index < -0.39 is 0 Å². The Morgan fingerprint density at radius 3 is 2.18 bits per heavy atom. The van der Waals surface area contributed by atoms with Crippen LogP contribution >= 0.6 is 0 Å². The number of hydrogen-bond acceptors (Lipinski definition) is 1. The van der Waals surface area contributed by atoms with Crippen molar-refractivity contribution in [3.05, 3.63) is 29.3 Å². The Hall–Kier alpha value is -1.51. The van der Waals surface area contributed by atoms with Gasteiger partial charge in [0.1, 0.15) is 0 Å². The topological polar surface area (TPSA) is 41.1 Å². The van der Waals surface area contributed by atoms with Crippen LogP contribution in [0.4, 0.5) is 10.5 Å². The van der Waals surface area contributed by atoms with E-state index in [0.29, 0.717) is 6.04 Å². The smallest absolute Gasteiger partial charge is 0.319 e. The predicted octanol–water partition coefficient (Wildman–Crippen LogP) is 4.25. The molecule has 1 aromatic carbocycles. The van der Waals surface area contributed by atoms with Gasteiger partial charge in [-0.1, -0.05) is 6.07 Å². The molecule has 0 atom stereocenters. The summed E-state index contributed by atoms with van der Waals surface area (Å²) < 4.78 is 0. The molecule has 4 saturated carbocycles. The van der Waals surface area contributed by atoms with Gasteiger partial charge in [-0.05, 0) is 92.9 Å². The van der Waals surface area contributed by atoms with Crippen molar-refractivity contribution >= 4 is 11.7 Å². The Bertz CT molecular complexity index is 567. The maximum absolute atomic E-state index is 12.4. The van der Waals surface area contributed by atoms with E-state index in [9.17, 15) is 4.79 Å². The van der Waals surface area contributed by atoms with Gasteiger partial charge in [-0.15, -0.1) is 0 Å². The summed E-state index contributed by atoms with van der Waals surface area (Å²) in [4.78, 5) is 12.4. The highest BCUT2D eigenvalue weighted by atomic mass is 16.2. The van der Waals surface area contributed by atoms with Crippen molar-refractivity contribution in [3.63, 3.8) is 0 Å². The van der Waals surface area contributed by atoms with E-state index >= 15 is 0 Å². The molecular weight excluding hydrogens is 272 g/mol. The lowest BCUT2D eigenvalue weighted by atomic mass is 9.54. The number of hydrogen-bond donors (Lipinski definition) is 2. The Morgan fingerprint density at radius 1 is 0.955 bits per heavy atom. The van der Waals surface area contributed by atoms with E-state index in [1.54, 1.807) is 0 Å². The monoisotopic (exact) mass is 298 g/mol. The average Bonchev–Trinajstić information content (AvgIpc) is 2.46. The van der Waals surface area contributed by atoms with Crippen molar-refractivity contribution in [2.24, 2.45) is 23.7 Å². The molecule has 2 N–H and O–H groups in total. The highest BCUT2D eigenvalue weighted by Gasteiger charge is 2.48. The summed E-state index contributed by atoms with van der Waals surface area (Å²) in [7, 11) is 0. The van der Waals surface area contributed by atoms with Crippen LogP contribution in [0.2, 0.25) is 0 Å². The summed E-state index contributed by atoms with van der Waals surface area (Å²) in [5, 5.41) is 6.31. The van der Waals surface area contributed by atoms with Crippen molar-refractivity contribution < 1.29 is 4.79 Å². The van der Waals surface area contributed by atoms with Crippen molar-refractivity contribution in [1.82, 2.24) is 5.32 Å². The summed E-state index contributed by atoms with van der Waals surface area (Å²) in [5.41, 5.74) is 3.36. The lowest BCUT2D eigenvalue weighted by Crippen LogP contribution is -2.56. The fourth-order valence-corrected chi connectivity index (χ4v) is 5.30. The van der Waals surface area contributed by atoms with E-state index in [1.165, 1.54) is 43.2 Å². The van der Waals surface area contributed by atoms with Crippen LogP contribution in [-0.4, -0.2) is 12.1 Å². The molecule has 118 valence electrons. The first-order chi connectivity index (χ1) is 10.6. The molecule has 4 aliphatic carbocycles. The van der Waals surface area contributed by atoms with E-state index in [2.05, 4.69) is 30.5 Å². The SMILES string of the molecule is Cc1ccc(NC(=O)NC2C3CC4CC(C3)CC2C4)cc1C. The van der Waals surface area contributed by atoms with Gasteiger partial charge in [0, 0.05) is 11.7 Å². The Morgan fingerprint density at radius 2 is 1.59 bits per heavy atom. The normalized spacial score (nSPS) is 35.5. The van der Waals surface area contributed by atoms with Crippen molar-refractivity contribution in [2.75, 3.05) is 5.32 Å². The summed E-state index contributed by atoms with van der Waals surface area (Å²) in [6.45, 7) is 4.17. The predicted molar refractivity (Wildman–Crippen MR) is 88.9 cm³/mol. The van der Waals surface area contributed by atoms with Gasteiger partial charge in [-0.2, -0.15) is 0 Å². The third kappa shape index (κ3) is 2.51. The molecule has 4 bridgehead atoms. The second kappa shape index (κ2) is 5.29. The molecule has 3 nitrogen and oxygen atoms in total. The van der Waals surface area contributed by atoms with E-state index in [0.717, 1.165) is 29.4 Å². The van der Waals surface area contributed by atoms with E-state index in [-0.39, 0.29) is 6.03 Å². The van der Waals surface area contributed by atoms with Gasteiger partial charge >= 0.3 is 6.03 Å². The quantitative estimate of drug-likeness (QED) is 0.842. The van der Waals surface area contributed by atoms with Crippen LogP contribution < -0.4 is 10.6 Å². The third-order valence-corrected chi connectivity index (χ3v) is 6.29. The molecule has 4 aliphatic rings. The number of aryl methyl sites for hydroxylation is 2. The standard InChI is InChI=1S/C19H26N2O/c1-11-3-4-17(5-12(11)2)20-19(22)21-18-15-7-13-6-14(9-15)10-16(18)8-13/h3-5,13-16,18H,6-10H2,1-2H3,(H2,20,21,22). The van der Waals surface area contributed by atoms with Gasteiger partial charge in [0.2, 0.25) is 0 Å². The van der Waals surface area contributed by atoms with Gasteiger partial charge in [0.25, 0.3) is 0 Å². The molecule has 0 heterocycles. The van der Waals surface area contributed by atoms with Gasteiger partial charge in [-0.25, -0.2) is 4.79 Å².